The van der Waals surface area contributed by atoms with Crippen LogP contribution in [0.3, 0.4) is 0 Å². The Morgan fingerprint density at radius 1 is 1.30 bits per heavy atom. The Labute approximate surface area is 123 Å². The van der Waals surface area contributed by atoms with Gasteiger partial charge in [0.1, 0.15) is 0 Å². The second kappa shape index (κ2) is 5.38. The molecule has 0 bridgehead atoms. The van der Waals surface area contributed by atoms with Gasteiger partial charge in [-0.25, -0.2) is 4.98 Å². The van der Waals surface area contributed by atoms with Crippen LogP contribution in [-0.4, -0.2) is 9.55 Å². The molecule has 0 radical (unpaired) electrons. The fraction of sp³-hybridized carbons (Fsp3) is 0.312. The van der Waals surface area contributed by atoms with Gasteiger partial charge in [-0.15, -0.1) is 11.3 Å². The van der Waals surface area contributed by atoms with Gasteiger partial charge in [0.25, 0.3) is 0 Å². The van der Waals surface area contributed by atoms with Gasteiger partial charge in [-0.3, -0.25) is 0 Å². The highest BCUT2D eigenvalue weighted by molar-refractivity contribution is 7.13. The number of hydrogen-bond donors (Lipinski definition) is 1. The predicted octanol–water partition coefficient (Wildman–Crippen LogP) is 3.88. The van der Waals surface area contributed by atoms with Crippen molar-refractivity contribution in [2.75, 3.05) is 0 Å². The summed E-state index contributed by atoms with van der Waals surface area (Å²) in [5.41, 5.74) is 9.09. The van der Waals surface area contributed by atoms with E-state index >= 15 is 0 Å². The molecule has 104 valence electrons. The third-order valence-corrected chi connectivity index (χ3v) is 4.20. The second-order valence-corrected chi connectivity index (χ2v) is 6.39. The molecule has 0 fully saturated rings. The van der Waals surface area contributed by atoms with E-state index in [9.17, 15) is 0 Å². The second-order valence-electron chi connectivity index (χ2n) is 5.44. The highest BCUT2D eigenvalue weighted by atomic mass is 32.1. The molecule has 3 aromatic rings. The summed E-state index contributed by atoms with van der Waals surface area (Å²) in [5, 5.41) is 2.10. The molecule has 20 heavy (non-hydrogen) atoms. The van der Waals surface area contributed by atoms with E-state index in [2.05, 4.69) is 54.1 Å². The number of nitrogens with two attached hydrogens (primary N) is 1. The molecule has 3 nitrogen and oxygen atoms in total. The number of thiophene rings is 1. The van der Waals surface area contributed by atoms with Crippen LogP contribution in [0, 0.1) is 5.92 Å². The summed E-state index contributed by atoms with van der Waals surface area (Å²) in [6, 6.07) is 10.5. The Kier molecular flexibility index (Phi) is 3.59. The number of aromatic nitrogens is 2. The van der Waals surface area contributed by atoms with E-state index in [0.29, 0.717) is 12.5 Å². The smallest absolute Gasteiger partial charge is 0.151 e. The highest BCUT2D eigenvalue weighted by Crippen LogP contribution is 2.29. The van der Waals surface area contributed by atoms with Crippen molar-refractivity contribution < 1.29 is 0 Å². The molecular weight excluding hydrogens is 266 g/mol. The van der Waals surface area contributed by atoms with Gasteiger partial charge in [-0.05, 0) is 35.1 Å². The number of nitrogens with zero attached hydrogens (tertiary/aromatic N) is 2. The minimum atomic E-state index is 0.557. The fourth-order valence-electron chi connectivity index (χ4n) is 2.45. The first-order valence-electron chi connectivity index (χ1n) is 6.92. The minimum absolute atomic E-state index is 0.557. The largest absolute Gasteiger partial charge is 0.326 e. The van der Waals surface area contributed by atoms with Gasteiger partial charge < -0.3 is 10.3 Å². The minimum Gasteiger partial charge on any atom is -0.326 e. The van der Waals surface area contributed by atoms with E-state index in [-0.39, 0.29) is 0 Å². The van der Waals surface area contributed by atoms with Crippen LogP contribution in [0.15, 0.2) is 35.7 Å². The third-order valence-electron chi connectivity index (χ3n) is 3.34. The van der Waals surface area contributed by atoms with Crippen molar-refractivity contribution in [1.29, 1.82) is 0 Å². The zero-order chi connectivity index (χ0) is 14.1. The molecule has 0 atom stereocenters. The summed E-state index contributed by atoms with van der Waals surface area (Å²) in [6.45, 7) is 6.00. The summed E-state index contributed by atoms with van der Waals surface area (Å²) >= 11 is 1.73. The molecule has 0 aliphatic carbocycles. The summed E-state index contributed by atoms with van der Waals surface area (Å²) < 4.78 is 2.33. The fourth-order valence-corrected chi connectivity index (χ4v) is 3.17. The molecule has 4 heteroatoms. The van der Waals surface area contributed by atoms with Crippen molar-refractivity contribution in [2.24, 2.45) is 11.7 Å². The van der Waals surface area contributed by atoms with Gasteiger partial charge >= 0.3 is 0 Å². The predicted molar refractivity (Wildman–Crippen MR) is 85.8 cm³/mol. The standard InChI is InChI=1S/C16H19N3S/c1-11(2)10-19-14-6-5-12(9-17)8-13(14)18-16(19)15-4-3-7-20-15/h3-8,11H,9-10,17H2,1-2H3. The maximum absolute atomic E-state index is 5.73. The molecule has 0 unspecified atom stereocenters. The van der Waals surface area contributed by atoms with Crippen molar-refractivity contribution >= 4 is 22.4 Å². The summed E-state index contributed by atoms with van der Waals surface area (Å²) in [4.78, 5) is 6.05. The average Bonchev–Trinajstić information content (AvgIpc) is 3.05. The molecule has 2 aromatic heterocycles. The molecule has 1 aromatic carbocycles. The van der Waals surface area contributed by atoms with E-state index in [4.69, 9.17) is 10.7 Å². The van der Waals surface area contributed by atoms with Crippen LogP contribution in [0.2, 0.25) is 0 Å². The lowest BCUT2D eigenvalue weighted by molar-refractivity contribution is 0.537. The van der Waals surface area contributed by atoms with Gasteiger partial charge in [-0.2, -0.15) is 0 Å². The van der Waals surface area contributed by atoms with Crippen molar-refractivity contribution in [2.45, 2.75) is 26.9 Å². The zero-order valence-corrected chi connectivity index (χ0v) is 12.7. The molecule has 0 saturated carbocycles. The first-order chi connectivity index (χ1) is 9.69. The van der Waals surface area contributed by atoms with Gasteiger partial charge in [0.15, 0.2) is 5.82 Å². The monoisotopic (exact) mass is 285 g/mol. The molecule has 0 aliphatic heterocycles. The molecule has 3 rings (SSSR count). The molecule has 2 N–H and O–H groups in total. The third kappa shape index (κ3) is 2.37. The quantitative estimate of drug-likeness (QED) is 0.790. The molecule has 0 spiro atoms. The Hall–Kier alpha value is -1.65. The van der Waals surface area contributed by atoms with Crippen molar-refractivity contribution in [3.05, 3.63) is 41.3 Å². The normalized spacial score (nSPS) is 11.6. The van der Waals surface area contributed by atoms with Crippen LogP contribution in [0.4, 0.5) is 0 Å². The number of hydrogen-bond acceptors (Lipinski definition) is 3. The molecular formula is C16H19N3S. The Morgan fingerprint density at radius 3 is 2.80 bits per heavy atom. The van der Waals surface area contributed by atoms with Gasteiger partial charge in [-0.1, -0.05) is 26.0 Å². The first-order valence-corrected chi connectivity index (χ1v) is 7.80. The lowest BCUT2D eigenvalue weighted by atomic mass is 10.2. The number of fused-ring (bicyclic) bond motifs is 1. The summed E-state index contributed by atoms with van der Waals surface area (Å²) in [6.07, 6.45) is 0. The van der Waals surface area contributed by atoms with E-state index in [1.165, 1.54) is 10.4 Å². The Bertz CT molecular complexity index is 711. The molecule has 2 heterocycles. The van der Waals surface area contributed by atoms with Crippen LogP contribution in [-0.2, 0) is 13.1 Å². The summed E-state index contributed by atoms with van der Waals surface area (Å²) in [5.74, 6) is 1.65. The maximum atomic E-state index is 5.73. The lowest BCUT2D eigenvalue weighted by Gasteiger charge is -2.11. The van der Waals surface area contributed by atoms with Crippen LogP contribution in [0.5, 0.6) is 0 Å². The maximum Gasteiger partial charge on any atom is 0.151 e. The van der Waals surface area contributed by atoms with Crippen LogP contribution >= 0.6 is 11.3 Å². The van der Waals surface area contributed by atoms with Gasteiger partial charge in [0, 0.05) is 13.1 Å². The average molecular weight is 285 g/mol. The number of benzene rings is 1. The molecule has 0 aliphatic rings. The number of imidazole rings is 1. The van der Waals surface area contributed by atoms with Gasteiger partial charge in [0.2, 0.25) is 0 Å². The van der Waals surface area contributed by atoms with E-state index in [1.54, 1.807) is 11.3 Å². The first kappa shape index (κ1) is 13.3. The SMILES string of the molecule is CC(C)Cn1c(-c2cccs2)nc2cc(CN)ccc21. The lowest BCUT2D eigenvalue weighted by Crippen LogP contribution is -2.05. The van der Waals surface area contributed by atoms with Crippen LogP contribution < -0.4 is 5.73 Å². The van der Waals surface area contributed by atoms with Crippen molar-refractivity contribution in [3.63, 3.8) is 0 Å². The zero-order valence-electron chi connectivity index (χ0n) is 11.8. The van der Waals surface area contributed by atoms with Crippen LogP contribution in [0.1, 0.15) is 19.4 Å². The highest BCUT2D eigenvalue weighted by Gasteiger charge is 2.14. The van der Waals surface area contributed by atoms with E-state index < -0.39 is 0 Å². The Morgan fingerprint density at radius 2 is 2.15 bits per heavy atom. The van der Waals surface area contributed by atoms with E-state index in [0.717, 1.165) is 23.4 Å². The topological polar surface area (TPSA) is 43.8 Å². The molecule has 0 amide bonds. The summed E-state index contributed by atoms with van der Waals surface area (Å²) in [7, 11) is 0. The van der Waals surface area contributed by atoms with E-state index in [1.807, 2.05) is 0 Å². The van der Waals surface area contributed by atoms with Gasteiger partial charge in [0.05, 0.1) is 15.9 Å². The number of rotatable bonds is 4. The Balaban J connectivity index is 2.21. The van der Waals surface area contributed by atoms with Crippen molar-refractivity contribution in [3.8, 4) is 10.7 Å². The van der Waals surface area contributed by atoms with Crippen LogP contribution in [0.25, 0.3) is 21.7 Å². The van der Waals surface area contributed by atoms with Crippen molar-refractivity contribution in [1.82, 2.24) is 9.55 Å². The molecule has 0 saturated heterocycles.